The second-order valence-corrected chi connectivity index (χ2v) is 7.96. The molecule has 0 atom stereocenters. The number of anilines is 1. The number of rotatable bonds is 2. The molecule has 0 spiro atoms. The van der Waals surface area contributed by atoms with Gasteiger partial charge in [0, 0.05) is 37.1 Å². The highest BCUT2D eigenvalue weighted by Crippen LogP contribution is 2.35. The molecule has 4 aromatic rings. The number of aromatic nitrogens is 4. The second kappa shape index (κ2) is 6.60. The number of fused-ring (bicyclic) bond motifs is 5. The largest absolute Gasteiger partial charge is 0.372 e. The molecule has 0 saturated carbocycles. The molecule has 0 radical (unpaired) electrons. The van der Waals surface area contributed by atoms with Gasteiger partial charge in [-0.15, -0.1) is 10.2 Å². The van der Waals surface area contributed by atoms with Gasteiger partial charge in [-0.3, -0.25) is 4.57 Å². The zero-order valence-corrected chi connectivity index (χ0v) is 16.5. The summed E-state index contributed by atoms with van der Waals surface area (Å²) in [6, 6.07) is 18.8. The molecule has 30 heavy (non-hydrogen) atoms. The van der Waals surface area contributed by atoms with Crippen LogP contribution >= 0.6 is 0 Å². The van der Waals surface area contributed by atoms with Crippen LogP contribution in [0.5, 0.6) is 0 Å². The summed E-state index contributed by atoms with van der Waals surface area (Å²) in [5.74, 6) is 0.850. The maximum absolute atomic E-state index is 9.07. The summed E-state index contributed by atoms with van der Waals surface area (Å²) in [5, 5.41) is 17.7. The summed E-state index contributed by atoms with van der Waals surface area (Å²) < 4.78 is 4.35. The van der Waals surface area contributed by atoms with E-state index in [2.05, 4.69) is 60.8 Å². The molecule has 6 nitrogen and oxygen atoms in total. The van der Waals surface area contributed by atoms with Gasteiger partial charge in [-0.25, -0.2) is 0 Å². The standard InChI is InChI=1S/C24H20N6/c25-13-17-3-5-18(6-4-17)19-12-23-24-27-26-16-30(24)22-8-7-21(28-9-1-2-10-28)11-20(22)15-29(23)14-19/h3-8,11-12,14,16H,1-2,9-10,15H2. The zero-order valence-electron chi connectivity index (χ0n) is 16.5. The lowest BCUT2D eigenvalue weighted by Crippen LogP contribution is -2.18. The summed E-state index contributed by atoms with van der Waals surface area (Å²) in [6.45, 7) is 3.05. The van der Waals surface area contributed by atoms with Gasteiger partial charge in [0.2, 0.25) is 0 Å². The Morgan fingerprint density at radius 2 is 1.77 bits per heavy atom. The second-order valence-electron chi connectivity index (χ2n) is 7.96. The lowest BCUT2D eigenvalue weighted by atomic mass is 10.1. The number of nitriles is 1. The maximum Gasteiger partial charge on any atom is 0.185 e. The monoisotopic (exact) mass is 392 g/mol. The highest BCUT2D eigenvalue weighted by Gasteiger charge is 2.23. The Kier molecular flexibility index (Phi) is 3.75. The van der Waals surface area contributed by atoms with Crippen LogP contribution in [0.1, 0.15) is 24.0 Å². The molecule has 2 aromatic heterocycles. The smallest absolute Gasteiger partial charge is 0.185 e. The van der Waals surface area contributed by atoms with Crippen molar-refractivity contribution in [3.05, 3.63) is 72.2 Å². The van der Waals surface area contributed by atoms with Gasteiger partial charge in [0.15, 0.2) is 5.82 Å². The lowest BCUT2D eigenvalue weighted by Gasteiger charge is -2.20. The van der Waals surface area contributed by atoms with Crippen molar-refractivity contribution in [1.82, 2.24) is 19.3 Å². The van der Waals surface area contributed by atoms with Gasteiger partial charge in [0.05, 0.1) is 23.0 Å². The van der Waals surface area contributed by atoms with E-state index in [1.807, 2.05) is 24.3 Å². The van der Waals surface area contributed by atoms with E-state index in [1.54, 1.807) is 6.33 Å². The Balaban J connectivity index is 1.46. The molecule has 4 heterocycles. The normalized spacial score (nSPS) is 14.6. The van der Waals surface area contributed by atoms with Crippen LogP contribution in [0.25, 0.3) is 28.3 Å². The molecular weight excluding hydrogens is 372 g/mol. The zero-order chi connectivity index (χ0) is 20.1. The van der Waals surface area contributed by atoms with Gasteiger partial charge in [-0.05, 0) is 60.4 Å². The van der Waals surface area contributed by atoms with Crippen molar-refractivity contribution in [1.29, 1.82) is 5.26 Å². The first kappa shape index (κ1) is 17.0. The van der Waals surface area contributed by atoms with E-state index in [-0.39, 0.29) is 0 Å². The van der Waals surface area contributed by atoms with E-state index in [9.17, 15) is 0 Å². The third kappa shape index (κ3) is 2.63. The molecule has 0 aliphatic carbocycles. The summed E-state index contributed by atoms with van der Waals surface area (Å²) in [5.41, 5.74) is 7.62. The average Bonchev–Trinajstić information content (AvgIpc) is 3.54. The Labute approximate surface area is 174 Å². The van der Waals surface area contributed by atoms with Crippen molar-refractivity contribution in [2.75, 3.05) is 18.0 Å². The van der Waals surface area contributed by atoms with Crippen LogP contribution in [-0.2, 0) is 6.54 Å². The van der Waals surface area contributed by atoms with Crippen molar-refractivity contribution in [3.8, 4) is 34.4 Å². The molecule has 6 heteroatoms. The summed E-state index contributed by atoms with van der Waals surface area (Å²) >= 11 is 0. The molecular formula is C24H20N6. The van der Waals surface area contributed by atoms with Crippen LogP contribution in [-0.4, -0.2) is 32.4 Å². The lowest BCUT2D eigenvalue weighted by molar-refractivity contribution is 0.815. The fourth-order valence-corrected chi connectivity index (χ4v) is 4.60. The fourth-order valence-electron chi connectivity index (χ4n) is 4.60. The molecule has 0 N–H and O–H groups in total. The quantitative estimate of drug-likeness (QED) is 0.451. The number of benzene rings is 2. The third-order valence-corrected chi connectivity index (χ3v) is 6.16. The summed E-state index contributed by atoms with van der Waals surface area (Å²) in [6.07, 6.45) is 6.51. The van der Waals surface area contributed by atoms with E-state index in [4.69, 9.17) is 5.26 Å². The molecule has 0 unspecified atom stereocenters. The number of nitrogens with zero attached hydrogens (tertiary/aromatic N) is 6. The first-order valence-corrected chi connectivity index (χ1v) is 10.3. The molecule has 1 saturated heterocycles. The van der Waals surface area contributed by atoms with Gasteiger partial charge in [-0.2, -0.15) is 5.26 Å². The fraction of sp³-hybridized carbons (Fsp3) is 0.208. The minimum atomic E-state index is 0.669. The Bertz CT molecular complexity index is 1280. The van der Waals surface area contributed by atoms with Gasteiger partial charge < -0.3 is 9.47 Å². The molecule has 1 fully saturated rings. The molecule has 2 aliphatic rings. The van der Waals surface area contributed by atoms with Crippen LogP contribution in [0.4, 0.5) is 5.69 Å². The highest BCUT2D eigenvalue weighted by atomic mass is 15.3. The number of hydrogen-bond donors (Lipinski definition) is 0. The predicted octanol–water partition coefficient (Wildman–Crippen LogP) is 4.24. The van der Waals surface area contributed by atoms with E-state index in [0.717, 1.165) is 48.0 Å². The maximum atomic E-state index is 9.07. The number of hydrogen-bond acceptors (Lipinski definition) is 4. The summed E-state index contributed by atoms with van der Waals surface area (Å²) in [4.78, 5) is 2.47. The molecule has 0 bridgehead atoms. The van der Waals surface area contributed by atoms with E-state index >= 15 is 0 Å². The van der Waals surface area contributed by atoms with Crippen molar-refractivity contribution >= 4 is 5.69 Å². The van der Waals surface area contributed by atoms with Crippen LogP contribution < -0.4 is 4.90 Å². The molecule has 2 aromatic carbocycles. The van der Waals surface area contributed by atoms with E-state index < -0.39 is 0 Å². The molecule has 2 aliphatic heterocycles. The van der Waals surface area contributed by atoms with Crippen molar-refractivity contribution < 1.29 is 0 Å². The van der Waals surface area contributed by atoms with Gasteiger partial charge in [0.1, 0.15) is 6.33 Å². The van der Waals surface area contributed by atoms with Crippen LogP contribution in [0, 0.1) is 11.3 Å². The van der Waals surface area contributed by atoms with Crippen molar-refractivity contribution in [2.45, 2.75) is 19.4 Å². The Morgan fingerprint density at radius 3 is 2.57 bits per heavy atom. The third-order valence-electron chi connectivity index (χ3n) is 6.16. The first-order chi connectivity index (χ1) is 14.8. The van der Waals surface area contributed by atoms with Crippen molar-refractivity contribution in [2.24, 2.45) is 0 Å². The van der Waals surface area contributed by atoms with Crippen LogP contribution in [0.15, 0.2) is 61.1 Å². The van der Waals surface area contributed by atoms with E-state index in [0.29, 0.717) is 5.56 Å². The minimum Gasteiger partial charge on any atom is -0.372 e. The Morgan fingerprint density at radius 1 is 0.933 bits per heavy atom. The molecule has 146 valence electrons. The predicted molar refractivity (Wildman–Crippen MR) is 115 cm³/mol. The van der Waals surface area contributed by atoms with Crippen LogP contribution in [0.3, 0.4) is 0 Å². The van der Waals surface area contributed by atoms with Gasteiger partial charge in [0.25, 0.3) is 0 Å². The van der Waals surface area contributed by atoms with E-state index in [1.165, 1.54) is 24.1 Å². The summed E-state index contributed by atoms with van der Waals surface area (Å²) in [7, 11) is 0. The Hall–Kier alpha value is -3.85. The SMILES string of the molecule is N#Cc1ccc(-c2cc3n(c2)Cc2cc(N4CCCC4)ccc2-n2cnnc2-3)cc1. The molecule has 0 amide bonds. The van der Waals surface area contributed by atoms with Crippen LogP contribution in [0.2, 0.25) is 0 Å². The van der Waals surface area contributed by atoms with Gasteiger partial charge >= 0.3 is 0 Å². The minimum absolute atomic E-state index is 0.669. The first-order valence-electron chi connectivity index (χ1n) is 10.3. The average molecular weight is 392 g/mol. The topological polar surface area (TPSA) is 62.7 Å². The van der Waals surface area contributed by atoms with Gasteiger partial charge in [-0.1, -0.05) is 12.1 Å². The molecule has 6 rings (SSSR count). The highest BCUT2D eigenvalue weighted by molar-refractivity contribution is 5.72. The van der Waals surface area contributed by atoms with Crippen molar-refractivity contribution in [3.63, 3.8) is 0 Å².